The lowest BCUT2D eigenvalue weighted by molar-refractivity contribution is -0.147. The molecule has 1 aromatic rings. The van der Waals surface area contributed by atoms with Crippen molar-refractivity contribution in [3.63, 3.8) is 0 Å². The zero-order valence-corrected chi connectivity index (χ0v) is 15.7. The monoisotopic (exact) mass is 369 g/mol. The molecule has 0 N–H and O–H groups in total. The lowest BCUT2D eigenvalue weighted by Gasteiger charge is -2.36. The summed E-state index contributed by atoms with van der Waals surface area (Å²) in [5.41, 5.74) is 1.82. The fourth-order valence-corrected chi connectivity index (χ4v) is 4.23. The average Bonchev–Trinajstić information content (AvgIpc) is 3.24. The molecule has 2 amide bonds. The SMILES string of the molecule is O=C(C1CCN(C(=O)C2CC(c3ccccc3)=NO2)CC1)N1CCCCC1. The van der Waals surface area contributed by atoms with Gasteiger partial charge in [0.2, 0.25) is 12.0 Å². The van der Waals surface area contributed by atoms with Crippen molar-refractivity contribution < 1.29 is 14.4 Å². The maximum absolute atomic E-state index is 12.8. The van der Waals surface area contributed by atoms with Crippen molar-refractivity contribution in [2.45, 2.75) is 44.6 Å². The van der Waals surface area contributed by atoms with Crippen molar-refractivity contribution >= 4 is 17.5 Å². The van der Waals surface area contributed by atoms with Crippen LogP contribution < -0.4 is 0 Å². The van der Waals surface area contributed by atoms with E-state index >= 15 is 0 Å². The van der Waals surface area contributed by atoms with E-state index < -0.39 is 6.10 Å². The second-order valence-electron chi connectivity index (χ2n) is 7.69. The van der Waals surface area contributed by atoms with Gasteiger partial charge in [0.25, 0.3) is 5.91 Å². The van der Waals surface area contributed by atoms with Gasteiger partial charge >= 0.3 is 0 Å². The van der Waals surface area contributed by atoms with Gasteiger partial charge in [-0.05, 0) is 37.7 Å². The van der Waals surface area contributed by atoms with E-state index in [-0.39, 0.29) is 17.7 Å². The molecule has 3 heterocycles. The van der Waals surface area contributed by atoms with Crippen molar-refractivity contribution in [2.75, 3.05) is 26.2 Å². The van der Waals surface area contributed by atoms with Gasteiger partial charge in [-0.25, -0.2) is 0 Å². The van der Waals surface area contributed by atoms with Gasteiger partial charge in [-0.3, -0.25) is 9.59 Å². The summed E-state index contributed by atoms with van der Waals surface area (Å²) in [5.74, 6) is 0.343. The van der Waals surface area contributed by atoms with Crippen LogP contribution in [0.15, 0.2) is 35.5 Å². The molecule has 0 aliphatic carbocycles. The van der Waals surface area contributed by atoms with Gasteiger partial charge in [0.15, 0.2) is 0 Å². The van der Waals surface area contributed by atoms with Crippen LogP contribution in [0.3, 0.4) is 0 Å². The predicted octanol–water partition coefficient (Wildman–Crippen LogP) is 2.43. The van der Waals surface area contributed by atoms with Crippen LogP contribution in [-0.2, 0) is 14.4 Å². The number of benzene rings is 1. The first-order valence-electron chi connectivity index (χ1n) is 10.1. The molecule has 144 valence electrons. The van der Waals surface area contributed by atoms with Crippen molar-refractivity contribution in [1.82, 2.24) is 9.80 Å². The molecule has 3 aliphatic heterocycles. The van der Waals surface area contributed by atoms with E-state index in [0.717, 1.165) is 50.0 Å². The predicted molar refractivity (Wildman–Crippen MR) is 102 cm³/mol. The largest absolute Gasteiger partial charge is 0.382 e. The molecule has 2 fully saturated rings. The summed E-state index contributed by atoms with van der Waals surface area (Å²) in [6, 6.07) is 9.82. The average molecular weight is 369 g/mol. The Morgan fingerprint density at radius 1 is 0.889 bits per heavy atom. The minimum Gasteiger partial charge on any atom is -0.382 e. The van der Waals surface area contributed by atoms with E-state index in [4.69, 9.17) is 4.84 Å². The van der Waals surface area contributed by atoms with E-state index in [1.165, 1.54) is 6.42 Å². The van der Waals surface area contributed by atoms with Gasteiger partial charge < -0.3 is 14.6 Å². The molecular weight excluding hydrogens is 342 g/mol. The standard InChI is InChI=1S/C21H27N3O3/c25-20(23-11-5-2-6-12-23)17-9-13-24(14-10-17)21(26)19-15-18(22-27-19)16-7-3-1-4-8-16/h1,3-4,7-8,17,19H,2,5-6,9-15H2. The first kappa shape index (κ1) is 18.0. The first-order chi connectivity index (χ1) is 13.2. The van der Waals surface area contributed by atoms with E-state index in [9.17, 15) is 9.59 Å². The number of nitrogens with zero attached hydrogens (tertiary/aromatic N) is 3. The number of carbonyl (C=O) groups is 2. The number of hydrogen-bond donors (Lipinski definition) is 0. The minimum absolute atomic E-state index is 0.00597. The highest BCUT2D eigenvalue weighted by Gasteiger charge is 2.36. The topological polar surface area (TPSA) is 62.2 Å². The lowest BCUT2D eigenvalue weighted by Crippen LogP contribution is -2.48. The smallest absolute Gasteiger partial charge is 0.266 e. The zero-order chi connectivity index (χ0) is 18.6. The summed E-state index contributed by atoms with van der Waals surface area (Å²) in [6.45, 7) is 3.05. The second-order valence-corrected chi connectivity index (χ2v) is 7.69. The molecule has 6 nitrogen and oxygen atoms in total. The summed E-state index contributed by atoms with van der Waals surface area (Å²) in [6.07, 6.45) is 4.94. The number of amides is 2. The molecule has 0 bridgehead atoms. The van der Waals surface area contributed by atoms with Crippen LogP contribution in [0.2, 0.25) is 0 Å². The summed E-state index contributed by atoms with van der Waals surface area (Å²) in [4.78, 5) is 34.7. The third-order valence-electron chi connectivity index (χ3n) is 5.87. The molecule has 0 saturated carbocycles. The number of piperidine rings is 2. The maximum atomic E-state index is 12.8. The molecular formula is C21H27N3O3. The molecule has 1 unspecified atom stereocenters. The fourth-order valence-electron chi connectivity index (χ4n) is 4.23. The van der Waals surface area contributed by atoms with Gasteiger partial charge in [-0.15, -0.1) is 0 Å². The Labute approximate surface area is 160 Å². The quantitative estimate of drug-likeness (QED) is 0.822. The van der Waals surface area contributed by atoms with E-state index in [1.807, 2.05) is 40.1 Å². The Balaban J connectivity index is 1.27. The number of likely N-dealkylation sites (tertiary alicyclic amines) is 2. The molecule has 0 radical (unpaired) electrons. The van der Waals surface area contributed by atoms with Crippen LogP contribution in [0, 0.1) is 5.92 Å². The number of oxime groups is 1. The highest BCUT2D eigenvalue weighted by molar-refractivity contribution is 6.04. The highest BCUT2D eigenvalue weighted by atomic mass is 16.6. The van der Waals surface area contributed by atoms with Crippen molar-refractivity contribution in [2.24, 2.45) is 11.1 Å². The fraction of sp³-hybridized carbons (Fsp3) is 0.571. The van der Waals surface area contributed by atoms with Crippen molar-refractivity contribution in [3.05, 3.63) is 35.9 Å². The molecule has 6 heteroatoms. The summed E-state index contributed by atoms with van der Waals surface area (Å²) < 4.78 is 0. The summed E-state index contributed by atoms with van der Waals surface area (Å²) in [5, 5.41) is 4.12. The molecule has 2 saturated heterocycles. The molecule has 4 rings (SSSR count). The second kappa shape index (κ2) is 8.11. The van der Waals surface area contributed by atoms with Crippen LogP contribution in [0.25, 0.3) is 0 Å². The van der Waals surface area contributed by atoms with Gasteiger partial charge in [-0.1, -0.05) is 35.5 Å². The third kappa shape index (κ3) is 3.99. The van der Waals surface area contributed by atoms with Crippen molar-refractivity contribution in [1.29, 1.82) is 0 Å². The first-order valence-corrected chi connectivity index (χ1v) is 10.1. The Bertz CT molecular complexity index is 705. The Kier molecular flexibility index (Phi) is 5.41. The highest BCUT2D eigenvalue weighted by Crippen LogP contribution is 2.24. The number of rotatable bonds is 3. The van der Waals surface area contributed by atoms with Gasteiger partial charge in [0.1, 0.15) is 0 Å². The molecule has 1 aromatic carbocycles. The minimum atomic E-state index is -0.533. The maximum Gasteiger partial charge on any atom is 0.266 e. The van der Waals surface area contributed by atoms with Crippen LogP contribution in [-0.4, -0.2) is 59.6 Å². The molecule has 0 spiro atoms. The summed E-state index contributed by atoms with van der Waals surface area (Å²) >= 11 is 0. The molecule has 27 heavy (non-hydrogen) atoms. The van der Waals surface area contributed by atoms with Gasteiger partial charge in [0, 0.05) is 38.5 Å². The van der Waals surface area contributed by atoms with Crippen LogP contribution >= 0.6 is 0 Å². The lowest BCUT2D eigenvalue weighted by atomic mass is 9.93. The summed E-state index contributed by atoms with van der Waals surface area (Å²) in [7, 11) is 0. The van der Waals surface area contributed by atoms with E-state index in [0.29, 0.717) is 19.5 Å². The van der Waals surface area contributed by atoms with Crippen LogP contribution in [0.4, 0.5) is 0 Å². The zero-order valence-electron chi connectivity index (χ0n) is 15.7. The van der Waals surface area contributed by atoms with Gasteiger partial charge in [0.05, 0.1) is 5.71 Å². The normalized spacial score (nSPS) is 23.7. The van der Waals surface area contributed by atoms with Crippen LogP contribution in [0.5, 0.6) is 0 Å². The molecule has 0 aromatic heterocycles. The molecule has 1 atom stereocenters. The van der Waals surface area contributed by atoms with Crippen molar-refractivity contribution in [3.8, 4) is 0 Å². The Hall–Kier alpha value is -2.37. The van der Waals surface area contributed by atoms with E-state index in [2.05, 4.69) is 5.16 Å². The van der Waals surface area contributed by atoms with E-state index in [1.54, 1.807) is 0 Å². The Morgan fingerprint density at radius 3 is 2.26 bits per heavy atom. The number of carbonyl (C=O) groups excluding carboxylic acids is 2. The van der Waals surface area contributed by atoms with Crippen LogP contribution in [0.1, 0.15) is 44.1 Å². The third-order valence-corrected chi connectivity index (χ3v) is 5.87. The van der Waals surface area contributed by atoms with Gasteiger partial charge in [-0.2, -0.15) is 0 Å². The number of hydrogen-bond acceptors (Lipinski definition) is 4. The Morgan fingerprint density at radius 2 is 1.56 bits per heavy atom. The molecule has 3 aliphatic rings.